The van der Waals surface area contributed by atoms with Gasteiger partial charge in [0.25, 0.3) is 0 Å². The largest absolute Gasteiger partial charge is 0.480 e. The zero-order valence-electron chi connectivity index (χ0n) is 71.4. The number of aliphatic carboxylic acids is 1. The summed E-state index contributed by atoms with van der Waals surface area (Å²) in [6.07, 6.45) is -3.13. The third-order valence-corrected chi connectivity index (χ3v) is 21.2. The molecule has 692 valence electrons. The van der Waals surface area contributed by atoms with Crippen molar-refractivity contribution in [2.24, 2.45) is 17.6 Å². The van der Waals surface area contributed by atoms with Gasteiger partial charge in [0, 0.05) is 26.2 Å². The van der Waals surface area contributed by atoms with Gasteiger partial charge in [-0.3, -0.25) is 91.1 Å². The average Bonchev–Trinajstić information content (AvgIpc) is 1.66. The van der Waals surface area contributed by atoms with Crippen LogP contribution in [0.3, 0.4) is 0 Å². The fraction of sp³-hybridized carbons (Fsp3) is 0.733. The molecule has 4 fully saturated rings. The lowest BCUT2D eigenvalue weighted by Gasteiger charge is -2.35. The second-order valence-corrected chi connectivity index (χ2v) is 31.9. The van der Waals surface area contributed by atoms with Crippen LogP contribution in [-0.4, -0.2) is 370 Å². The molecule has 0 spiro atoms. The van der Waals surface area contributed by atoms with Crippen LogP contribution in [0.1, 0.15) is 148 Å². The zero-order valence-corrected chi connectivity index (χ0v) is 71.4. The summed E-state index contributed by atoms with van der Waals surface area (Å²) in [5, 5.41) is 116. The zero-order chi connectivity index (χ0) is 93.2. The highest BCUT2D eigenvalue weighted by molar-refractivity contribution is 6.02. The minimum absolute atomic E-state index is 0.00722. The molecule has 0 aromatic heterocycles. The molecule has 4 aliphatic heterocycles. The van der Waals surface area contributed by atoms with E-state index < -0.39 is 296 Å². The van der Waals surface area contributed by atoms with Crippen LogP contribution in [0.2, 0.25) is 0 Å². The predicted molar refractivity (Wildman–Crippen MR) is 426 cm³/mol. The fourth-order valence-electron chi connectivity index (χ4n) is 13.7. The Balaban J connectivity index is 1.30. The maximum Gasteiger partial charge on any atom is 0.326 e. The lowest BCUT2D eigenvalue weighted by atomic mass is 10.0. The number of hydrogen-bond donors (Lipinski definition) is 24. The van der Waals surface area contributed by atoms with E-state index in [1.165, 1.54) is 79.0 Å². The van der Waals surface area contributed by atoms with Crippen LogP contribution in [0.4, 0.5) is 0 Å². The molecular weight excluding hydrogens is 1630 g/mol. The molecule has 0 radical (unpaired) electrons. The highest BCUT2D eigenvalue weighted by Crippen LogP contribution is 2.30. The maximum absolute atomic E-state index is 14.6. The number of rotatable bonds is 44. The molecule has 23 atom stereocenters. The average molecular weight is 1750 g/mol. The first-order chi connectivity index (χ1) is 57.5. The van der Waals surface area contributed by atoms with Crippen molar-refractivity contribution in [3.63, 3.8) is 0 Å². The van der Waals surface area contributed by atoms with Crippen molar-refractivity contribution in [1.29, 1.82) is 0 Å². The van der Waals surface area contributed by atoms with Crippen LogP contribution >= 0.6 is 0 Å². The molecule has 0 aromatic carbocycles. The van der Waals surface area contributed by atoms with Crippen LogP contribution in [-0.2, 0) is 95.9 Å². The first-order valence-electron chi connectivity index (χ1n) is 40.7. The number of nitrogens with zero attached hydrogens (tertiary/aromatic N) is 4. The van der Waals surface area contributed by atoms with E-state index in [0.717, 1.165) is 23.6 Å². The van der Waals surface area contributed by atoms with Gasteiger partial charge in [-0.25, -0.2) is 4.79 Å². The van der Waals surface area contributed by atoms with Gasteiger partial charge in [0.2, 0.25) is 112 Å². The van der Waals surface area contributed by atoms with Gasteiger partial charge < -0.3 is 146 Å². The Morgan fingerprint density at radius 1 is 0.285 bits per heavy atom. The third kappa shape index (κ3) is 29.1. The van der Waals surface area contributed by atoms with Crippen LogP contribution in [0.5, 0.6) is 0 Å². The second-order valence-electron chi connectivity index (χ2n) is 31.9. The van der Waals surface area contributed by atoms with E-state index in [1.807, 2.05) is 0 Å². The van der Waals surface area contributed by atoms with Crippen molar-refractivity contribution in [3.05, 3.63) is 0 Å². The van der Waals surface area contributed by atoms with Crippen molar-refractivity contribution in [2.75, 3.05) is 52.6 Å². The van der Waals surface area contributed by atoms with Crippen LogP contribution in [0.15, 0.2) is 0 Å². The molecule has 48 heteroatoms. The van der Waals surface area contributed by atoms with Gasteiger partial charge in [0.1, 0.15) is 121 Å². The molecule has 123 heavy (non-hydrogen) atoms. The van der Waals surface area contributed by atoms with Crippen molar-refractivity contribution in [1.82, 2.24) is 99.4 Å². The summed E-state index contributed by atoms with van der Waals surface area (Å²) < 4.78 is 0. The molecule has 0 saturated carbocycles. The number of nitrogens with one attached hydrogen (secondary N) is 15. The Morgan fingerprint density at radius 3 is 0.943 bits per heavy atom. The maximum atomic E-state index is 14.6. The number of carboxylic acid groups (broad SMARTS) is 1. The Kier molecular flexibility index (Phi) is 40.9. The number of carboxylic acids is 1. The molecule has 48 nitrogen and oxygen atoms in total. The van der Waals surface area contributed by atoms with Crippen molar-refractivity contribution < 1.29 is 137 Å². The van der Waals surface area contributed by atoms with E-state index in [0.29, 0.717) is 12.8 Å². The van der Waals surface area contributed by atoms with Crippen molar-refractivity contribution in [3.8, 4) is 0 Å². The summed E-state index contributed by atoms with van der Waals surface area (Å²) >= 11 is 0. The van der Waals surface area contributed by atoms with Gasteiger partial charge in [0.05, 0.1) is 44.7 Å². The standard InChI is InChI=1S/C75H124N20O28/c1-31(2)52(88-64(111)45(29-98)85-58(105)35(7)79-62(109)44(28-97)87-68(115)51(76)40(12)100)69(116)81-34(6)57(104)78-38(10)61(108)91-55(42(14)102)74(121)95-26-18-22-50(95)73(120)94-25-17-21-49(94)72(119)93-24-16-20-48(93)67(114)86-46(30-99)65(112)90-54(41(13)101)70(117)82-36(8)59(106)84-43(27-96)63(110)83-39(11)71(118)92-23-15-19-47(92)66(113)80-33(5)56(103)77-37(9)60(107)89-53(32(3)4)75(122)123/h31-55,96-102H,15-30,76H2,1-14H3,(H,77,103)(H,78,104)(H,79,109)(H,80,113)(H,81,116)(H,82,117)(H,83,110)(H,84,106)(H,85,105)(H,86,114)(H,87,115)(H,88,111)(H,89,107)(H,90,112)(H,91,108)(H,122,123)/t33-,34-,35-,36-,37-,38-,39-,40+,41+,42+,43-,44-,45-,46-,47-,48-,49-,50-,51-,52-,53-,54-,55-/m0/s1. The summed E-state index contributed by atoms with van der Waals surface area (Å²) in [5.74, 6) is -20.4. The number of amides is 19. The highest BCUT2D eigenvalue weighted by atomic mass is 16.4. The number of hydrogen-bond acceptors (Lipinski definition) is 28. The minimum atomic E-state index is -1.89. The fourth-order valence-corrected chi connectivity index (χ4v) is 13.7. The SMILES string of the molecule is CC(C)[C@H](NC(=O)[C@H](C)NC(=O)[C@H](C)NC(=O)[C@@H]1CCCN1C(=O)[C@H](C)NC(=O)[C@H](CO)NC(=O)[C@H](C)NC(=O)[C@@H](NC(=O)[C@H](CO)NC(=O)[C@@H]1CCCN1C(=O)[C@@H]1CCCN1C(=O)[C@@H]1CCCN1C(=O)[C@@H](NC(=O)[C@H](C)NC(=O)[C@H](C)NC(=O)[C@@H](NC(=O)[C@H](CO)NC(=O)[C@H](C)NC(=O)[C@H](CO)NC(=O)[C@@H](N)[C@@H](C)O)C(C)C)[C@@H](C)O)[C@@H](C)O)C(=O)O. The molecule has 19 amide bonds. The Bertz CT molecular complexity index is 3830. The number of carbonyl (C=O) groups excluding carboxylic acids is 19. The molecule has 0 aliphatic carbocycles. The number of aliphatic hydroxyl groups excluding tert-OH is 7. The molecular formula is C75H124N20O28. The van der Waals surface area contributed by atoms with Gasteiger partial charge in [-0.15, -0.1) is 0 Å². The van der Waals surface area contributed by atoms with Gasteiger partial charge >= 0.3 is 5.97 Å². The summed E-state index contributed by atoms with van der Waals surface area (Å²) in [4.78, 5) is 273. The van der Waals surface area contributed by atoms with Crippen LogP contribution in [0.25, 0.3) is 0 Å². The molecule has 4 saturated heterocycles. The molecule has 4 aliphatic rings. The monoisotopic (exact) mass is 1750 g/mol. The normalized spacial score (nSPS) is 21.0. The molecule has 25 N–H and O–H groups in total. The highest BCUT2D eigenvalue weighted by Gasteiger charge is 2.49. The lowest BCUT2D eigenvalue weighted by molar-refractivity contribution is -0.152. The van der Waals surface area contributed by atoms with Gasteiger partial charge in [-0.1, -0.05) is 27.7 Å². The van der Waals surface area contributed by atoms with Gasteiger partial charge in [0.15, 0.2) is 0 Å². The van der Waals surface area contributed by atoms with E-state index in [1.54, 1.807) is 13.8 Å². The first kappa shape index (κ1) is 104. The summed E-state index contributed by atoms with van der Waals surface area (Å²) in [7, 11) is 0. The van der Waals surface area contributed by atoms with Crippen LogP contribution in [0, 0.1) is 11.8 Å². The number of aliphatic hydroxyl groups is 7. The molecule has 4 rings (SSSR count). The number of carbonyl (C=O) groups is 20. The molecule has 0 unspecified atom stereocenters. The second kappa shape index (κ2) is 48.2. The quantitative estimate of drug-likeness (QED) is 0.0269. The smallest absolute Gasteiger partial charge is 0.326 e. The third-order valence-electron chi connectivity index (χ3n) is 21.2. The van der Waals surface area contributed by atoms with Gasteiger partial charge in [-0.2, -0.15) is 0 Å². The van der Waals surface area contributed by atoms with Crippen molar-refractivity contribution in [2.45, 2.75) is 287 Å². The predicted octanol–water partition coefficient (Wildman–Crippen LogP) is -12.8. The van der Waals surface area contributed by atoms with E-state index >= 15 is 0 Å². The number of nitrogens with two attached hydrogens (primary N) is 1. The Labute approximate surface area is 709 Å². The molecule has 0 aromatic rings. The summed E-state index contributed by atoms with van der Waals surface area (Å²) in [5.41, 5.74) is 5.57. The topological polar surface area (TPSA) is 723 Å². The molecule has 4 heterocycles. The Hall–Kier alpha value is -10.9. The number of likely N-dealkylation sites (tertiary alicyclic amines) is 4. The molecule has 0 bridgehead atoms. The van der Waals surface area contributed by atoms with E-state index in [4.69, 9.17) is 5.73 Å². The van der Waals surface area contributed by atoms with E-state index in [2.05, 4.69) is 79.8 Å². The lowest BCUT2D eigenvalue weighted by Crippen LogP contribution is -2.62. The van der Waals surface area contributed by atoms with Crippen LogP contribution < -0.4 is 85.5 Å². The first-order valence-corrected chi connectivity index (χ1v) is 40.7. The summed E-state index contributed by atoms with van der Waals surface area (Å²) in [6, 6.07) is -29.2. The van der Waals surface area contributed by atoms with Gasteiger partial charge in [-0.05, 0) is 132 Å². The Morgan fingerprint density at radius 2 is 0.553 bits per heavy atom. The summed E-state index contributed by atoms with van der Waals surface area (Å²) in [6.45, 7) is 14.2. The minimum Gasteiger partial charge on any atom is -0.480 e. The van der Waals surface area contributed by atoms with Crippen molar-refractivity contribution >= 4 is 118 Å². The van der Waals surface area contributed by atoms with E-state index in [9.17, 15) is 137 Å². The van der Waals surface area contributed by atoms with E-state index in [-0.39, 0.29) is 64.7 Å².